The van der Waals surface area contributed by atoms with Gasteiger partial charge in [-0.1, -0.05) is 24.3 Å². The molecule has 0 saturated heterocycles. The number of nitroso groups, excluding NO2 is 2. The molecule has 0 fully saturated rings. The van der Waals surface area contributed by atoms with Crippen LogP contribution in [-0.4, -0.2) is 25.8 Å². The van der Waals surface area contributed by atoms with Gasteiger partial charge in [0.1, 0.15) is 22.9 Å². The first-order chi connectivity index (χ1) is 14.0. The van der Waals surface area contributed by atoms with E-state index in [0.717, 1.165) is 0 Å². The minimum Gasteiger partial charge on any atom is -0.494 e. The molecule has 2 aromatic carbocycles. The van der Waals surface area contributed by atoms with Crippen LogP contribution >= 0.6 is 0 Å². The molecule has 0 aliphatic carbocycles. The number of carbonyl (C=O) groups excluding carboxylic acids is 2. The zero-order valence-electron chi connectivity index (χ0n) is 15.8. The summed E-state index contributed by atoms with van der Waals surface area (Å²) in [5.74, 6) is -0.178. The zero-order valence-corrected chi connectivity index (χ0v) is 15.8. The highest BCUT2D eigenvalue weighted by molar-refractivity contribution is 6.10. The first-order valence-electron chi connectivity index (χ1n) is 8.45. The summed E-state index contributed by atoms with van der Waals surface area (Å²) in [4.78, 5) is 45.3. The number of hydrogen-bond acceptors (Lipinski definition) is 8. The second kappa shape index (κ2) is 10.4. The lowest BCUT2D eigenvalue weighted by molar-refractivity contribution is -0.121. The summed E-state index contributed by atoms with van der Waals surface area (Å²) in [6, 6.07) is 9.29. The van der Waals surface area contributed by atoms with Crippen molar-refractivity contribution >= 4 is 35.1 Å². The number of rotatable bonds is 10. The van der Waals surface area contributed by atoms with Gasteiger partial charge in [-0.3, -0.25) is 9.59 Å². The van der Waals surface area contributed by atoms with Crippen LogP contribution in [0.15, 0.2) is 58.9 Å². The summed E-state index contributed by atoms with van der Waals surface area (Å²) in [5.41, 5.74) is 1.57. The molecule has 0 heterocycles. The largest absolute Gasteiger partial charge is 0.494 e. The number of benzene rings is 2. The maximum Gasteiger partial charge on any atom is 0.163 e. The van der Waals surface area contributed by atoms with Gasteiger partial charge in [0.2, 0.25) is 0 Å². The normalized spacial score (nSPS) is 10.8. The van der Waals surface area contributed by atoms with Crippen LogP contribution in [0.25, 0.3) is 12.2 Å². The van der Waals surface area contributed by atoms with Crippen molar-refractivity contribution in [2.75, 3.05) is 14.2 Å². The van der Waals surface area contributed by atoms with Gasteiger partial charge in [0, 0.05) is 0 Å². The van der Waals surface area contributed by atoms with Gasteiger partial charge in [0.05, 0.1) is 20.6 Å². The van der Waals surface area contributed by atoms with E-state index in [1.165, 1.54) is 50.7 Å². The molecule has 0 radical (unpaired) electrons. The fraction of sp³-hybridized carbons (Fsp3) is 0.143. The van der Waals surface area contributed by atoms with Crippen LogP contribution < -0.4 is 9.47 Å². The third-order valence-electron chi connectivity index (χ3n) is 3.88. The van der Waals surface area contributed by atoms with E-state index in [9.17, 15) is 19.4 Å². The molecule has 0 unspecified atom stereocenters. The molecule has 0 spiro atoms. The highest BCUT2D eigenvalue weighted by Gasteiger charge is 2.07. The first kappa shape index (κ1) is 21.4. The number of hydrogen-bond donors (Lipinski definition) is 0. The third-order valence-corrected chi connectivity index (χ3v) is 3.88. The molecule has 0 amide bonds. The molecule has 0 aromatic heterocycles. The predicted octanol–water partition coefficient (Wildman–Crippen LogP) is 4.75. The van der Waals surface area contributed by atoms with Gasteiger partial charge in [-0.25, -0.2) is 0 Å². The number of methoxy groups -OCH3 is 2. The molecule has 0 atom stereocenters. The quantitative estimate of drug-likeness (QED) is 0.326. The summed E-state index contributed by atoms with van der Waals surface area (Å²) in [7, 11) is 2.82. The molecule has 2 rings (SSSR count). The Labute approximate surface area is 166 Å². The number of ketones is 2. The summed E-state index contributed by atoms with van der Waals surface area (Å²) >= 11 is 0. The molecule has 0 aliphatic heterocycles. The third kappa shape index (κ3) is 6.03. The van der Waals surface area contributed by atoms with Crippen LogP contribution in [0.3, 0.4) is 0 Å². The standard InChI is InChI=1S/C21H18N2O6/c1-28-20-11-14(5-9-18(20)22-26)3-7-16(24)13-17(25)8-4-15-6-10-19(23-27)21(12-15)29-2/h3-12H,13H2,1-2H3/b7-3+,8-4+. The van der Waals surface area contributed by atoms with Crippen molar-refractivity contribution in [2.45, 2.75) is 6.42 Å². The van der Waals surface area contributed by atoms with Crippen molar-refractivity contribution in [3.05, 3.63) is 69.5 Å². The first-order valence-corrected chi connectivity index (χ1v) is 8.45. The molecule has 2 aromatic rings. The average molecular weight is 394 g/mol. The smallest absolute Gasteiger partial charge is 0.163 e. The minimum atomic E-state index is -0.380. The van der Waals surface area contributed by atoms with Crippen LogP contribution in [-0.2, 0) is 9.59 Å². The number of nitrogens with zero attached hydrogens (tertiary/aromatic N) is 2. The summed E-state index contributed by atoms with van der Waals surface area (Å²) in [6.45, 7) is 0. The maximum absolute atomic E-state index is 12.0. The van der Waals surface area contributed by atoms with E-state index in [-0.39, 0.29) is 29.4 Å². The molecule has 0 bridgehead atoms. The molecular formula is C21H18N2O6. The van der Waals surface area contributed by atoms with Gasteiger partial charge in [0.15, 0.2) is 11.6 Å². The van der Waals surface area contributed by atoms with E-state index in [1.54, 1.807) is 24.3 Å². The van der Waals surface area contributed by atoms with Gasteiger partial charge < -0.3 is 9.47 Å². The van der Waals surface area contributed by atoms with Gasteiger partial charge in [-0.15, -0.1) is 9.81 Å². The Morgan fingerprint density at radius 3 is 1.55 bits per heavy atom. The van der Waals surface area contributed by atoms with Crippen LogP contribution in [0.1, 0.15) is 17.5 Å². The number of carbonyl (C=O) groups is 2. The Morgan fingerprint density at radius 1 is 0.793 bits per heavy atom. The molecule has 0 aliphatic rings. The van der Waals surface area contributed by atoms with Crippen molar-refractivity contribution in [3.8, 4) is 11.5 Å². The van der Waals surface area contributed by atoms with E-state index >= 15 is 0 Å². The van der Waals surface area contributed by atoms with Gasteiger partial charge in [-0.05, 0) is 57.9 Å². The van der Waals surface area contributed by atoms with E-state index in [4.69, 9.17) is 9.47 Å². The topological polar surface area (TPSA) is 111 Å². The van der Waals surface area contributed by atoms with Crippen molar-refractivity contribution in [2.24, 2.45) is 10.4 Å². The molecule has 29 heavy (non-hydrogen) atoms. The summed E-state index contributed by atoms with van der Waals surface area (Å²) in [5, 5.41) is 5.67. The zero-order chi connectivity index (χ0) is 21.2. The Bertz CT molecular complexity index is 915. The van der Waals surface area contributed by atoms with Crippen molar-refractivity contribution in [1.29, 1.82) is 0 Å². The second-order valence-electron chi connectivity index (χ2n) is 5.82. The van der Waals surface area contributed by atoms with Gasteiger partial charge in [0.25, 0.3) is 0 Å². The highest BCUT2D eigenvalue weighted by atomic mass is 16.5. The number of ether oxygens (including phenoxy) is 2. The molecule has 8 nitrogen and oxygen atoms in total. The lowest BCUT2D eigenvalue weighted by Gasteiger charge is -2.03. The van der Waals surface area contributed by atoms with Crippen LogP contribution in [0.2, 0.25) is 0 Å². The second-order valence-corrected chi connectivity index (χ2v) is 5.82. The highest BCUT2D eigenvalue weighted by Crippen LogP contribution is 2.29. The monoisotopic (exact) mass is 394 g/mol. The van der Waals surface area contributed by atoms with Gasteiger partial charge in [-0.2, -0.15) is 0 Å². The molecule has 0 saturated carbocycles. The van der Waals surface area contributed by atoms with Crippen LogP contribution in [0.4, 0.5) is 11.4 Å². The van der Waals surface area contributed by atoms with E-state index < -0.39 is 0 Å². The SMILES string of the molecule is COc1cc(/C=C/C(=O)CC(=O)/C=C/c2ccc(N=O)c(OC)c2)ccc1N=O. The number of allylic oxidation sites excluding steroid dienone is 2. The summed E-state index contributed by atoms with van der Waals surface area (Å²) in [6.07, 6.45) is 5.30. The fourth-order valence-electron chi connectivity index (χ4n) is 2.41. The lowest BCUT2D eigenvalue weighted by atomic mass is 10.1. The van der Waals surface area contributed by atoms with E-state index in [1.807, 2.05) is 0 Å². The maximum atomic E-state index is 12.0. The predicted molar refractivity (Wildman–Crippen MR) is 110 cm³/mol. The van der Waals surface area contributed by atoms with E-state index in [2.05, 4.69) is 10.4 Å². The Morgan fingerprint density at radius 2 is 1.21 bits per heavy atom. The Kier molecular flexibility index (Phi) is 7.67. The molecular weight excluding hydrogens is 376 g/mol. The van der Waals surface area contributed by atoms with Crippen LogP contribution in [0.5, 0.6) is 11.5 Å². The van der Waals surface area contributed by atoms with Crippen molar-refractivity contribution in [1.82, 2.24) is 0 Å². The minimum absolute atomic E-state index is 0.157. The van der Waals surface area contributed by atoms with Crippen molar-refractivity contribution in [3.63, 3.8) is 0 Å². The van der Waals surface area contributed by atoms with Crippen molar-refractivity contribution < 1.29 is 19.1 Å². The Balaban J connectivity index is 1.99. The molecule has 148 valence electrons. The molecule has 0 N–H and O–H groups in total. The average Bonchev–Trinajstić information content (AvgIpc) is 2.75. The summed E-state index contributed by atoms with van der Waals surface area (Å²) < 4.78 is 10.1. The fourth-order valence-corrected chi connectivity index (χ4v) is 2.41. The van der Waals surface area contributed by atoms with E-state index in [0.29, 0.717) is 22.6 Å². The molecule has 8 heteroatoms. The van der Waals surface area contributed by atoms with Gasteiger partial charge >= 0.3 is 0 Å². The lowest BCUT2D eigenvalue weighted by Crippen LogP contribution is -2.01. The Hall–Kier alpha value is -3.94. The van der Waals surface area contributed by atoms with Crippen LogP contribution in [0, 0.1) is 9.81 Å².